The molecule has 2 rings (SSSR count). The van der Waals surface area contributed by atoms with Crippen LogP contribution in [0.3, 0.4) is 0 Å². The molecule has 0 radical (unpaired) electrons. The highest BCUT2D eigenvalue weighted by atomic mass is 35.5. The van der Waals surface area contributed by atoms with Crippen molar-refractivity contribution in [3.8, 4) is 11.5 Å². The maximum atomic E-state index is 12.4. The van der Waals surface area contributed by atoms with Gasteiger partial charge < -0.3 is 9.47 Å². The van der Waals surface area contributed by atoms with Crippen LogP contribution in [0.5, 0.6) is 11.5 Å². The number of hydrogen-bond acceptors (Lipinski definition) is 4. The Morgan fingerprint density at radius 2 is 1.45 bits per heavy atom. The summed E-state index contributed by atoms with van der Waals surface area (Å²) in [6.45, 7) is 18.3. The SMILES string of the molecule is Cc1c(C)c2c(c(C)c1OC(=O)CN(C)C)CC[C@](C)(CCC[C@H](C)CCC[C@H](C)CCCC(C)C)O2.Cl. The minimum Gasteiger partial charge on any atom is -0.487 e. The first-order chi connectivity index (χ1) is 17.3. The molecule has 0 saturated carbocycles. The van der Waals surface area contributed by atoms with Crippen molar-refractivity contribution in [1.29, 1.82) is 0 Å². The zero-order valence-corrected chi connectivity index (χ0v) is 27.1. The molecular formula is C33H58ClNO3. The Balaban J connectivity index is 0.00000722. The summed E-state index contributed by atoms with van der Waals surface area (Å²) in [7, 11) is 3.76. The molecule has 0 unspecified atom stereocenters. The Hall–Kier alpha value is -1.26. The fourth-order valence-electron chi connectivity index (χ4n) is 5.82. The van der Waals surface area contributed by atoms with Crippen LogP contribution < -0.4 is 9.47 Å². The summed E-state index contributed by atoms with van der Waals surface area (Å²) in [6, 6.07) is 0. The summed E-state index contributed by atoms with van der Waals surface area (Å²) in [5.41, 5.74) is 4.27. The molecule has 0 aliphatic carbocycles. The highest BCUT2D eigenvalue weighted by molar-refractivity contribution is 5.85. The lowest BCUT2D eigenvalue weighted by Gasteiger charge is -2.38. The van der Waals surface area contributed by atoms with Gasteiger partial charge in [-0.1, -0.05) is 72.6 Å². The Kier molecular flexibility index (Phi) is 14.7. The summed E-state index contributed by atoms with van der Waals surface area (Å²) < 4.78 is 12.6. The van der Waals surface area contributed by atoms with Gasteiger partial charge in [-0.2, -0.15) is 0 Å². The van der Waals surface area contributed by atoms with E-state index in [1.807, 2.05) is 25.9 Å². The molecule has 1 aromatic carbocycles. The maximum absolute atomic E-state index is 12.4. The average Bonchev–Trinajstić information content (AvgIpc) is 2.79. The van der Waals surface area contributed by atoms with Crippen molar-refractivity contribution in [3.63, 3.8) is 0 Å². The van der Waals surface area contributed by atoms with Crippen molar-refractivity contribution in [2.75, 3.05) is 20.6 Å². The van der Waals surface area contributed by atoms with Crippen molar-refractivity contribution >= 4 is 18.4 Å². The number of hydrogen-bond donors (Lipinski definition) is 0. The number of fused-ring (bicyclic) bond motifs is 1. The maximum Gasteiger partial charge on any atom is 0.325 e. The minimum absolute atomic E-state index is 0. The molecule has 0 N–H and O–H groups in total. The van der Waals surface area contributed by atoms with Gasteiger partial charge in [0.05, 0.1) is 6.54 Å². The fraction of sp³-hybridized carbons (Fsp3) is 0.788. The van der Waals surface area contributed by atoms with Crippen LogP contribution in [0.15, 0.2) is 0 Å². The van der Waals surface area contributed by atoms with Crippen LogP contribution in [-0.4, -0.2) is 37.1 Å². The van der Waals surface area contributed by atoms with Crippen LogP contribution in [0.4, 0.5) is 0 Å². The molecule has 0 saturated heterocycles. The van der Waals surface area contributed by atoms with E-state index in [1.54, 1.807) is 0 Å². The van der Waals surface area contributed by atoms with E-state index in [-0.39, 0.29) is 30.5 Å². The number of rotatable bonds is 15. The second kappa shape index (κ2) is 16.1. The molecule has 220 valence electrons. The van der Waals surface area contributed by atoms with Gasteiger partial charge in [-0.3, -0.25) is 9.69 Å². The minimum atomic E-state index is -0.216. The van der Waals surface area contributed by atoms with Gasteiger partial charge in [-0.05, 0) is 102 Å². The topological polar surface area (TPSA) is 38.8 Å². The first-order valence-electron chi connectivity index (χ1n) is 15.0. The fourth-order valence-corrected chi connectivity index (χ4v) is 5.82. The molecule has 0 fully saturated rings. The number of carbonyl (C=O) groups excluding carboxylic acids is 1. The van der Waals surface area contributed by atoms with Gasteiger partial charge in [0.2, 0.25) is 0 Å². The molecule has 0 aromatic heterocycles. The zero-order valence-electron chi connectivity index (χ0n) is 26.3. The van der Waals surface area contributed by atoms with Crippen molar-refractivity contribution in [1.82, 2.24) is 4.90 Å². The second-order valence-corrected chi connectivity index (χ2v) is 13.1. The largest absolute Gasteiger partial charge is 0.487 e. The molecule has 1 aliphatic rings. The van der Waals surface area contributed by atoms with Gasteiger partial charge in [-0.15, -0.1) is 12.4 Å². The molecule has 5 heteroatoms. The molecule has 1 heterocycles. The number of benzene rings is 1. The summed E-state index contributed by atoms with van der Waals surface area (Å²) in [4.78, 5) is 14.2. The van der Waals surface area contributed by atoms with E-state index in [1.165, 1.54) is 56.9 Å². The van der Waals surface area contributed by atoms with Gasteiger partial charge >= 0.3 is 5.97 Å². The summed E-state index contributed by atoms with van der Waals surface area (Å²) in [5.74, 6) is 4.02. The zero-order chi connectivity index (χ0) is 27.8. The Bertz CT molecular complexity index is 882. The van der Waals surface area contributed by atoms with Crippen LogP contribution in [0.2, 0.25) is 0 Å². The Morgan fingerprint density at radius 3 is 2.00 bits per heavy atom. The summed E-state index contributed by atoms with van der Waals surface area (Å²) >= 11 is 0. The van der Waals surface area contributed by atoms with E-state index < -0.39 is 0 Å². The van der Waals surface area contributed by atoms with E-state index in [2.05, 4.69) is 48.5 Å². The van der Waals surface area contributed by atoms with Gasteiger partial charge in [0.25, 0.3) is 0 Å². The number of esters is 1. The molecule has 0 amide bonds. The molecule has 3 atom stereocenters. The van der Waals surface area contributed by atoms with Crippen LogP contribution in [0.1, 0.15) is 121 Å². The lowest BCUT2D eigenvalue weighted by molar-refractivity contribution is -0.135. The Labute approximate surface area is 241 Å². The van der Waals surface area contributed by atoms with E-state index in [9.17, 15) is 4.79 Å². The van der Waals surface area contributed by atoms with Crippen molar-refractivity contribution in [2.24, 2.45) is 17.8 Å². The summed E-state index contributed by atoms with van der Waals surface area (Å²) in [5, 5.41) is 0. The molecule has 1 aliphatic heterocycles. The predicted molar refractivity (Wildman–Crippen MR) is 164 cm³/mol. The number of ether oxygens (including phenoxy) is 2. The van der Waals surface area contributed by atoms with E-state index >= 15 is 0 Å². The van der Waals surface area contributed by atoms with Crippen LogP contribution in [-0.2, 0) is 11.2 Å². The van der Waals surface area contributed by atoms with Gasteiger partial charge in [0.15, 0.2) is 0 Å². The lowest BCUT2D eigenvalue weighted by Crippen LogP contribution is -2.37. The molecule has 38 heavy (non-hydrogen) atoms. The van der Waals surface area contributed by atoms with Gasteiger partial charge in [0, 0.05) is 5.56 Å². The summed E-state index contributed by atoms with van der Waals surface area (Å²) in [6.07, 6.45) is 13.8. The highest BCUT2D eigenvalue weighted by Gasteiger charge is 2.34. The standard InChI is InChI=1S/C33H57NO3.ClH/c1-23(2)14-11-15-24(3)16-12-17-25(4)18-13-20-33(8)21-19-29-28(7)31(36-30(35)22-34(9)10)26(5)27(6)32(29)37-33;/h23-25H,11-22H2,1-10H3;1H/t24-,25-,33+;/m1./s1. The predicted octanol–water partition coefficient (Wildman–Crippen LogP) is 9.02. The average molecular weight is 552 g/mol. The molecule has 4 nitrogen and oxygen atoms in total. The smallest absolute Gasteiger partial charge is 0.325 e. The molecule has 0 spiro atoms. The van der Waals surface area contributed by atoms with Crippen molar-refractivity contribution < 1.29 is 14.3 Å². The van der Waals surface area contributed by atoms with Crippen LogP contribution in [0, 0.1) is 38.5 Å². The third-order valence-electron chi connectivity index (χ3n) is 8.50. The van der Waals surface area contributed by atoms with Crippen LogP contribution >= 0.6 is 12.4 Å². The Morgan fingerprint density at radius 1 is 0.895 bits per heavy atom. The van der Waals surface area contributed by atoms with Gasteiger partial charge in [-0.25, -0.2) is 0 Å². The van der Waals surface area contributed by atoms with Crippen molar-refractivity contribution in [2.45, 2.75) is 132 Å². The number of nitrogens with zero attached hydrogens (tertiary/aromatic N) is 1. The van der Waals surface area contributed by atoms with E-state index in [0.717, 1.165) is 65.2 Å². The number of carbonyl (C=O) groups is 1. The highest BCUT2D eigenvalue weighted by Crippen LogP contribution is 2.45. The monoisotopic (exact) mass is 551 g/mol. The van der Waals surface area contributed by atoms with Crippen LogP contribution in [0.25, 0.3) is 0 Å². The molecule has 1 aromatic rings. The third-order valence-corrected chi connectivity index (χ3v) is 8.50. The normalized spacial score (nSPS) is 18.5. The quantitative estimate of drug-likeness (QED) is 0.161. The third kappa shape index (κ3) is 10.7. The van der Waals surface area contributed by atoms with Gasteiger partial charge in [0.1, 0.15) is 17.1 Å². The first-order valence-corrected chi connectivity index (χ1v) is 15.0. The van der Waals surface area contributed by atoms with E-state index in [4.69, 9.17) is 9.47 Å². The number of likely N-dealkylation sites (N-methyl/N-ethyl adjacent to an activating group) is 1. The first kappa shape index (κ1) is 34.8. The second-order valence-electron chi connectivity index (χ2n) is 13.1. The lowest BCUT2D eigenvalue weighted by atomic mass is 9.83. The molecule has 0 bridgehead atoms. The van der Waals surface area contributed by atoms with E-state index in [0.29, 0.717) is 0 Å². The molecular weight excluding hydrogens is 494 g/mol. The number of halogens is 1. The van der Waals surface area contributed by atoms with Crippen molar-refractivity contribution in [3.05, 3.63) is 22.3 Å².